The maximum Gasteiger partial charge on any atom is 0.407 e. The highest BCUT2D eigenvalue weighted by atomic mass is 19.1. The molecule has 4 aromatic rings. The highest BCUT2D eigenvalue weighted by molar-refractivity contribution is 6.00. The van der Waals surface area contributed by atoms with Gasteiger partial charge in [0.05, 0.1) is 13.0 Å². The molecule has 11 nitrogen and oxygen atoms in total. The van der Waals surface area contributed by atoms with Crippen molar-refractivity contribution in [1.29, 1.82) is 0 Å². The van der Waals surface area contributed by atoms with Crippen molar-refractivity contribution in [2.75, 3.05) is 30.8 Å². The van der Waals surface area contributed by atoms with Crippen LogP contribution < -0.4 is 16.0 Å². The number of hydrogen-bond acceptors (Lipinski definition) is 6. The number of rotatable bonds is 10. The number of halogens is 2. The summed E-state index contributed by atoms with van der Waals surface area (Å²) in [4.78, 5) is 68.7. The van der Waals surface area contributed by atoms with Crippen molar-refractivity contribution < 1.29 is 37.5 Å². The van der Waals surface area contributed by atoms with E-state index < -0.39 is 59.5 Å². The Morgan fingerprint density at radius 1 is 0.667 bits per heavy atom. The highest BCUT2D eigenvalue weighted by Gasteiger charge is 2.39. The molecule has 0 bridgehead atoms. The molecular weight excluding hydrogens is 696 g/mol. The van der Waals surface area contributed by atoms with Crippen LogP contribution in [-0.4, -0.2) is 71.8 Å². The summed E-state index contributed by atoms with van der Waals surface area (Å²) in [6.45, 7) is 2.52. The third-order valence-electron chi connectivity index (χ3n) is 9.94. The van der Waals surface area contributed by atoms with Gasteiger partial charge in [0, 0.05) is 35.6 Å². The number of nitrogens with zero attached hydrogens (tertiary/aromatic N) is 2. The van der Waals surface area contributed by atoms with Gasteiger partial charge in [-0.25, -0.2) is 13.6 Å². The Balaban J connectivity index is 1.10. The van der Waals surface area contributed by atoms with Crippen molar-refractivity contribution in [3.05, 3.63) is 120 Å². The summed E-state index contributed by atoms with van der Waals surface area (Å²) in [5.41, 5.74) is 1.51. The molecule has 0 saturated carbocycles. The molecule has 2 heterocycles. The van der Waals surface area contributed by atoms with Gasteiger partial charge >= 0.3 is 6.09 Å². The molecule has 0 aromatic heterocycles. The number of likely N-dealkylation sites (tertiary alicyclic amines) is 2. The fourth-order valence-electron chi connectivity index (χ4n) is 7.09. The average molecular weight is 738 g/mol. The van der Waals surface area contributed by atoms with E-state index >= 15 is 8.78 Å². The van der Waals surface area contributed by atoms with Gasteiger partial charge in [0.25, 0.3) is 5.91 Å². The molecule has 0 aliphatic carbocycles. The van der Waals surface area contributed by atoms with E-state index in [1.165, 1.54) is 36.3 Å². The molecule has 4 aromatic carbocycles. The summed E-state index contributed by atoms with van der Waals surface area (Å²) < 4.78 is 35.6. The first-order chi connectivity index (χ1) is 26.0. The van der Waals surface area contributed by atoms with Gasteiger partial charge in [-0.2, -0.15) is 0 Å². The molecule has 280 valence electrons. The van der Waals surface area contributed by atoms with Crippen molar-refractivity contribution in [3.63, 3.8) is 0 Å². The van der Waals surface area contributed by atoms with Crippen LogP contribution in [-0.2, 0) is 23.9 Å². The fourth-order valence-corrected chi connectivity index (χ4v) is 7.09. The van der Waals surface area contributed by atoms with Gasteiger partial charge in [-0.15, -0.1) is 0 Å². The quantitative estimate of drug-likeness (QED) is 0.173. The van der Waals surface area contributed by atoms with Crippen LogP contribution in [0.1, 0.15) is 55.7 Å². The zero-order valence-corrected chi connectivity index (χ0v) is 29.9. The molecule has 5 amide bonds. The Morgan fingerprint density at radius 3 is 1.59 bits per heavy atom. The molecule has 0 unspecified atom stereocenters. The number of hydrogen-bond donors (Lipinski definition) is 3. The number of methoxy groups -OCH3 is 1. The monoisotopic (exact) mass is 737 g/mol. The largest absolute Gasteiger partial charge is 0.453 e. The Labute approximate surface area is 311 Å². The minimum Gasteiger partial charge on any atom is -0.453 e. The maximum atomic E-state index is 15.5. The summed E-state index contributed by atoms with van der Waals surface area (Å²) in [5.74, 6) is -3.64. The van der Waals surface area contributed by atoms with E-state index in [-0.39, 0.29) is 35.0 Å². The Morgan fingerprint density at radius 2 is 1.13 bits per heavy atom. The molecule has 2 aliphatic heterocycles. The van der Waals surface area contributed by atoms with E-state index in [9.17, 15) is 24.0 Å². The highest BCUT2D eigenvalue weighted by Crippen LogP contribution is 2.31. The van der Waals surface area contributed by atoms with E-state index in [1.54, 1.807) is 42.2 Å². The second-order valence-corrected chi connectivity index (χ2v) is 13.4. The van der Waals surface area contributed by atoms with Gasteiger partial charge in [-0.05, 0) is 80.1 Å². The number of anilines is 2. The predicted octanol–water partition coefficient (Wildman–Crippen LogP) is 6.39. The lowest BCUT2D eigenvalue weighted by atomic mass is 9.99. The van der Waals surface area contributed by atoms with E-state index in [1.807, 2.05) is 30.3 Å². The number of benzene rings is 4. The van der Waals surface area contributed by atoms with Gasteiger partial charge in [-0.1, -0.05) is 60.7 Å². The van der Waals surface area contributed by atoms with Crippen molar-refractivity contribution in [1.82, 2.24) is 15.1 Å². The summed E-state index contributed by atoms with van der Waals surface area (Å²) in [5, 5.41) is 7.92. The summed E-state index contributed by atoms with van der Waals surface area (Å²) in [6.07, 6.45) is 1.23. The van der Waals surface area contributed by atoms with Crippen LogP contribution >= 0.6 is 0 Å². The number of amides is 5. The van der Waals surface area contributed by atoms with Crippen LogP contribution in [0.4, 0.5) is 25.0 Å². The second kappa shape index (κ2) is 16.7. The van der Waals surface area contributed by atoms with Crippen LogP contribution in [0.15, 0.2) is 97.1 Å². The van der Waals surface area contributed by atoms with E-state index in [4.69, 9.17) is 4.74 Å². The van der Waals surface area contributed by atoms with Crippen molar-refractivity contribution in [2.45, 2.75) is 56.7 Å². The lowest BCUT2D eigenvalue weighted by Gasteiger charge is -2.28. The fraction of sp³-hybridized carbons (Fsp3) is 0.293. The first kappa shape index (κ1) is 37.6. The molecule has 3 N–H and O–H groups in total. The number of carbonyl (C=O) groups excluding carboxylic acids is 5. The third-order valence-corrected chi connectivity index (χ3v) is 9.94. The van der Waals surface area contributed by atoms with Crippen LogP contribution in [0.2, 0.25) is 0 Å². The zero-order chi connectivity index (χ0) is 38.4. The number of carbonyl (C=O) groups is 5. The third kappa shape index (κ3) is 8.25. The Hall–Kier alpha value is -6.11. The molecule has 6 rings (SSSR count). The molecular formula is C41H41F2N5O6. The maximum absolute atomic E-state index is 15.5. The second-order valence-electron chi connectivity index (χ2n) is 13.4. The lowest BCUT2D eigenvalue weighted by molar-refractivity contribution is -0.138. The summed E-state index contributed by atoms with van der Waals surface area (Å²) in [6, 6.07) is 23.0. The molecule has 2 saturated heterocycles. The smallest absolute Gasteiger partial charge is 0.407 e. The predicted molar refractivity (Wildman–Crippen MR) is 198 cm³/mol. The number of alkyl carbamates (subject to hydrolysis) is 1. The Bertz CT molecular complexity index is 2030. The van der Waals surface area contributed by atoms with Gasteiger partial charge in [0.2, 0.25) is 17.7 Å². The minimum absolute atomic E-state index is 0.0599. The van der Waals surface area contributed by atoms with Crippen molar-refractivity contribution in [2.24, 2.45) is 0 Å². The molecule has 54 heavy (non-hydrogen) atoms. The molecule has 4 atom stereocenters. The molecule has 2 aliphatic rings. The van der Waals surface area contributed by atoms with E-state index in [0.717, 1.165) is 17.7 Å². The van der Waals surface area contributed by atoms with Crippen molar-refractivity contribution >= 4 is 41.1 Å². The zero-order valence-electron chi connectivity index (χ0n) is 29.9. The SMILES string of the molecule is COC(=O)N[C@@H](C(=O)N1CCC[C@H]1C(=O)Nc1ccc(-c2ccc(NC(=O)[C@@H]3CCCN3C(=O)[C@H](C)c3ccccc3)cc2F)c(F)c1)c1ccccc1. The van der Waals surface area contributed by atoms with Crippen LogP contribution in [0.3, 0.4) is 0 Å². The molecule has 2 fully saturated rings. The van der Waals surface area contributed by atoms with Crippen LogP contribution in [0.5, 0.6) is 0 Å². The standard InChI is InChI=1S/C41H41F2N5O6/c1-25(26-11-5-3-6-12-26)39(51)47-21-9-15-34(47)37(49)44-28-17-19-30(32(42)23-28)31-20-18-29(24-33(31)43)45-38(50)35-16-10-22-48(35)40(52)36(46-41(53)54-2)27-13-7-4-8-14-27/h3-8,11-14,17-20,23-25,34-36H,9-10,15-16,21-22H2,1-2H3,(H,44,49)(H,45,50)(H,46,53)/t25-,34+,35+,36-/m1/s1. The average Bonchev–Trinajstić information content (AvgIpc) is 3.89. The topological polar surface area (TPSA) is 137 Å². The normalized spacial score (nSPS) is 17.7. The summed E-state index contributed by atoms with van der Waals surface area (Å²) >= 11 is 0. The van der Waals surface area contributed by atoms with E-state index in [0.29, 0.717) is 37.8 Å². The molecule has 0 radical (unpaired) electrons. The van der Waals surface area contributed by atoms with Gasteiger partial charge in [-0.3, -0.25) is 19.2 Å². The minimum atomic E-state index is -1.09. The molecule has 0 spiro atoms. The lowest BCUT2D eigenvalue weighted by Crippen LogP contribution is -2.48. The molecule has 13 heteroatoms. The van der Waals surface area contributed by atoms with Crippen molar-refractivity contribution in [3.8, 4) is 11.1 Å². The van der Waals surface area contributed by atoms with Gasteiger partial charge in [0.15, 0.2) is 0 Å². The van der Waals surface area contributed by atoms with Crippen LogP contribution in [0, 0.1) is 11.6 Å². The van der Waals surface area contributed by atoms with Crippen LogP contribution in [0.25, 0.3) is 11.1 Å². The number of nitrogens with one attached hydrogen (secondary N) is 3. The number of ether oxygens (including phenoxy) is 1. The first-order valence-electron chi connectivity index (χ1n) is 17.8. The Kier molecular flexibility index (Phi) is 11.6. The van der Waals surface area contributed by atoms with Gasteiger partial charge < -0.3 is 30.5 Å². The van der Waals surface area contributed by atoms with E-state index in [2.05, 4.69) is 16.0 Å². The summed E-state index contributed by atoms with van der Waals surface area (Å²) in [7, 11) is 1.19. The van der Waals surface area contributed by atoms with Gasteiger partial charge in [0.1, 0.15) is 29.8 Å². The first-order valence-corrected chi connectivity index (χ1v) is 17.8.